The van der Waals surface area contributed by atoms with E-state index in [1.54, 1.807) is 22.7 Å². The molecule has 0 aliphatic carbocycles. The zero-order valence-corrected chi connectivity index (χ0v) is 13.2. The SMILES string of the molecule is CN(C)CCN1[C@H](c2cccs2)CCN(C)S1(=O)=O. The fraction of sp³-hybridized carbons (Fsp3) is 0.667. The summed E-state index contributed by atoms with van der Waals surface area (Å²) in [6.07, 6.45) is 0.851. The van der Waals surface area contributed by atoms with Crippen LogP contribution < -0.4 is 0 Å². The van der Waals surface area contributed by atoms with Crippen LogP contribution in [0, 0.1) is 0 Å². The Balaban J connectivity index is 2.26. The second-order valence-corrected chi connectivity index (χ2v) is 8.03. The Bertz CT molecular complexity index is 499. The van der Waals surface area contributed by atoms with Crippen molar-refractivity contribution in [1.82, 2.24) is 13.5 Å². The topological polar surface area (TPSA) is 43.9 Å². The van der Waals surface area contributed by atoms with Gasteiger partial charge in [-0.3, -0.25) is 0 Å². The van der Waals surface area contributed by atoms with Crippen LogP contribution in [0.4, 0.5) is 0 Å². The van der Waals surface area contributed by atoms with Gasteiger partial charge in [-0.25, -0.2) is 0 Å². The van der Waals surface area contributed by atoms with Crippen LogP contribution in [0.2, 0.25) is 0 Å². The lowest BCUT2D eigenvalue weighted by Gasteiger charge is -2.39. The van der Waals surface area contributed by atoms with Crippen LogP contribution in [0.1, 0.15) is 17.3 Å². The van der Waals surface area contributed by atoms with Gasteiger partial charge in [-0.05, 0) is 32.0 Å². The van der Waals surface area contributed by atoms with Gasteiger partial charge in [-0.2, -0.15) is 17.0 Å². The van der Waals surface area contributed by atoms with Crippen molar-refractivity contribution in [3.05, 3.63) is 22.4 Å². The summed E-state index contributed by atoms with van der Waals surface area (Å²) in [5.41, 5.74) is 0. The molecule has 108 valence electrons. The molecule has 1 aromatic rings. The number of rotatable bonds is 4. The molecule has 0 saturated carbocycles. The monoisotopic (exact) mass is 303 g/mol. The van der Waals surface area contributed by atoms with Crippen molar-refractivity contribution in [1.29, 1.82) is 0 Å². The summed E-state index contributed by atoms with van der Waals surface area (Å²) in [6.45, 7) is 1.85. The number of nitrogens with zero attached hydrogens (tertiary/aromatic N) is 3. The smallest absolute Gasteiger partial charge is 0.282 e. The molecule has 2 rings (SSSR count). The highest BCUT2D eigenvalue weighted by Gasteiger charge is 2.38. The van der Waals surface area contributed by atoms with E-state index in [4.69, 9.17) is 0 Å². The second-order valence-electron chi connectivity index (χ2n) is 5.06. The molecule has 1 saturated heterocycles. The van der Waals surface area contributed by atoms with Crippen molar-refractivity contribution in [2.75, 3.05) is 40.8 Å². The fourth-order valence-corrected chi connectivity index (χ4v) is 4.73. The Labute approximate surface area is 119 Å². The van der Waals surface area contributed by atoms with Crippen LogP contribution >= 0.6 is 11.3 Å². The van der Waals surface area contributed by atoms with Gasteiger partial charge < -0.3 is 4.90 Å². The zero-order chi connectivity index (χ0) is 14.0. The lowest BCUT2D eigenvalue weighted by Crippen LogP contribution is -2.50. The van der Waals surface area contributed by atoms with E-state index in [9.17, 15) is 8.42 Å². The minimum absolute atomic E-state index is 0.0128. The van der Waals surface area contributed by atoms with Crippen LogP contribution in [0.5, 0.6) is 0 Å². The maximum absolute atomic E-state index is 12.5. The van der Waals surface area contributed by atoms with Gasteiger partial charge in [-0.1, -0.05) is 6.07 Å². The van der Waals surface area contributed by atoms with E-state index in [2.05, 4.69) is 0 Å². The predicted molar refractivity (Wildman–Crippen MR) is 78.5 cm³/mol. The number of likely N-dealkylation sites (N-methyl/N-ethyl adjacent to an activating group) is 1. The van der Waals surface area contributed by atoms with Crippen molar-refractivity contribution in [3.8, 4) is 0 Å². The number of hydrogen-bond acceptors (Lipinski definition) is 4. The Hall–Kier alpha value is -0.470. The van der Waals surface area contributed by atoms with Crippen molar-refractivity contribution < 1.29 is 8.42 Å². The second kappa shape index (κ2) is 5.88. The average Bonchev–Trinajstić information content (AvgIpc) is 2.84. The van der Waals surface area contributed by atoms with Crippen LogP contribution in [0.15, 0.2) is 17.5 Å². The molecule has 0 spiro atoms. The molecular weight excluding hydrogens is 282 g/mol. The Morgan fingerprint density at radius 3 is 2.79 bits per heavy atom. The molecule has 1 aliphatic heterocycles. The first-order valence-corrected chi connectivity index (χ1v) is 8.62. The van der Waals surface area contributed by atoms with Crippen molar-refractivity contribution in [3.63, 3.8) is 0 Å². The highest BCUT2D eigenvalue weighted by atomic mass is 32.2. The quantitative estimate of drug-likeness (QED) is 0.840. The van der Waals surface area contributed by atoms with Gasteiger partial charge in [0.15, 0.2) is 0 Å². The van der Waals surface area contributed by atoms with Crippen LogP contribution in [0.25, 0.3) is 0 Å². The normalized spacial score (nSPS) is 24.9. The van der Waals surface area contributed by atoms with E-state index in [0.717, 1.165) is 17.8 Å². The van der Waals surface area contributed by atoms with E-state index >= 15 is 0 Å². The first kappa shape index (κ1) is 14.9. The van der Waals surface area contributed by atoms with Gasteiger partial charge in [0.05, 0.1) is 6.04 Å². The minimum atomic E-state index is -3.33. The van der Waals surface area contributed by atoms with Gasteiger partial charge >= 0.3 is 0 Å². The largest absolute Gasteiger partial charge is 0.308 e. The highest BCUT2D eigenvalue weighted by Crippen LogP contribution is 2.34. The third kappa shape index (κ3) is 3.17. The third-order valence-electron chi connectivity index (χ3n) is 3.39. The van der Waals surface area contributed by atoms with E-state index in [1.807, 2.05) is 36.5 Å². The molecular formula is C12H21N3O2S2. The van der Waals surface area contributed by atoms with Crippen molar-refractivity contribution >= 4 is 21.5 Å². The standard InChI is InChI=1S/C12H21N3O2S2/c1-13(2)8-9-15-11(12-5-4-10-18-12)6-7-14(3)19(15,16)17/h4-5,10-11H,6-9H2,1-3H3/t11-/m0/s1. The van der Waals surface area contributed by atoms with E-state index in [1.165, 1.54) is 4.31 Å². The Kier molecular flexibility index (Phi) is 4.62. The van der Waals surface area contributed by atoms with Gasteiger partial charge in [0.1, 0.15) is 0 Å². The van der Waals surface area contributed by atoms with Crippen LogP contribution in [-0.2, 0) is 10.2 Å². The molecule has 7 heteroatoms. The summed E-state index contributed by atoms with van der Waals surface area (Å²) in [5.74, 6) is 0. The lowest BCUT2D eigenvalue weighted by molar-refractivity contribution is 0.221. The molecule has 0 aromatic carbocycles. The first-order chi connectivity index (χ1) is 8.93. The molecule has 5 nitrogen and oxygen atoms in total. The summed E-state index contributed by atoms with van der Waals surface area (Å²) < 4.78 is 28.0. The fourth-order valence-electron chi connectivity index (χ4n) is 2.24. The summed E-state index contributed by atoms with van der Waals surface area (Å²) >= 11 is 1.63. The molecule has 0 N–H and O–H groups in total. The van der Waals surface area contributed by atoms with Gasteiger partial charge in [-0.15, -0.1) is 11.3 Å². The molecule has 0 radical (unpaired) electrons. The van der Waals surface area contributed by atoms with Crippen molar-refractivity contribution in [2.24, 2.45) is 0 Å². The molecule has 19 heavy (non-hydrogen) atoms. The average molecular weight is 303 g/mol. The summed E-state index contributed by atoms with van der Waals surface area (Å²) in [7, 11) is 2.25. The number of hydrogen-bond donors (Lipinski definition) is 0. The predicted octanol–water partition coefficient (Wildman–Crippen LogP) is 1.23. The van der Waals surface area contributed by atoms with E-state index in [0.29, 0.717) is 13.1 Å². The summed E-state index contributed by atoms with van der Waals surface area (Å²) in [4.78, 5) is 3.14. The molecule has 2 heterocycles. The molecule has 1 aliphatic rings. The van der Waals surface area contributed by atoms with Gasteiger partial charge in [0.2, 0.25) is 0 Å². The Morgan fingerprint density at radius 1 is 1.47 bits per heavy atom. The Morgan fingerprint density at radius 2 is 2.21 bits per heavy atom. The van der Waals surface area contributed by atoms with E-state index < -0.39 is 10.2 Å². The molecule has 1 aromatic heterocycles. The maximum atomic E-state index is 12.5. The summed E-state index contributed by atoms with van der Waals surface area (Å²) in [6, 6.07) is 4.00. The van der Waals surface area contributed by atoms with E-state index in [-0.39, 0.29) is 6.04 Å². The molecule has 1 atom stereocenters. The molecule has 0 amide bonds. The highest BCUT2D eigenvalue weighted by molar-refractivity contribution is 7.86. The maximum Gasteiger partial charge on any atom is 0.282 e. The molecule has 0 unspecified atom stereocenters. The third-order valence-corrected chi connectivity index (χ3v) is 6.37. The minimum Gasteiger partial charge on any atom is -0.308 e. The number of thiophene rings is 1. The molecule has 1 fully saturated rings. The van der Waals surface area contributed by atoms with Crippen molar-refractivity contribution in [2.45, 2.75) is 12.5 Å². The first-order valence-electron chi connectivity index (χ1n) is 6.34. The zero-order valence-electron chi connectivity index (χ0n) is 11.6. The van der Waals surface area contributed by atoms with Crippen LogP contribution in [-0.4, -0.2) is 62.7 Å². The van der Waals surface area contributed by atoms with Crippen LogP contribution in [0.3, 0.4) is 0 Å². The summed E-state index contributed by atoms with van der Waals surface area (Å²) in [5, 5.41) is 2.00. The van der Waals surface area contributed by atoms with Gasteiger partial charge in [0, 0.05) is 31.6 Å². The lowest BCUT2D eigenvalue weighted by atomic mass is 10.1. The van der Waals surface area contributed by atoms with Gasteiger partial charge in [0.25, 0.3) is 10.2 Å². The molecule has 0 bridgehead atoms.